The van der Waals surface area contributed by atoms with Gasteiger partial charge in [-0.15, -0.1) is 0 Å². The molecule has 0 aromatic carbocycles. The van der Waals surface area contributed by atoms with E-state index in [-0.39, 0.29) is 5.56 Å². The molecule has 6 heteroatoms. The highest BCUT2D eigenvalue weighted by Crippen LogP contribution is 2.04. The van der Waals surface area contributed by atoms with Gasteiger partial charge in [0.25, 0.3) is 0 Å². The molecule has 1 N–H and O–H groups in total. The molecule has 2 heterocycles. The molecular formula is C6H9N3O3. The summed E-state index contributed by atoms with van der Waals surface area (Å²) in [5.41, 5.74) is -0.281. The number of aromatic nitrogens is 2. The molecule has 66 valence electrons. The van der Waals surface area contributed by atoms with E-state index in [1.807, 2.05) is 4.90 Å². The number of nitrogens with zero attached hydrogens (tertiary/aromatic N) is 2. The van der Waals surface area contributed by atoms with Gasteiger partial charge in [-0.05, 0) is 5.16 Å². The second kappa shape index (κ2) is 2.98. The first kappa shape index (κ1) is 7.35. The zero-order valence-corrected chi connectivity index (χ0v) is 6.45. The number of ether oxygens (including phenoxy) is 1. The average Bonchev–Trinajstić information content (AvgIpc) is 2.53. The summed E-state index contributed by atoms with van der Waals surface area (Å²) in [6, 6.07) is 0. The molecule has 1 aromatic rings. The van der Waals surface area contributed by atoms with Crippen molar-refractivity contribution in [3.05, 3.63) is 10.4 Å². The molecule has 2 rings (SSSR count). The quantitative estimate of drug-likeness (QED) is 0.599. The Bertz CT molecular complexity index is 299. The Morgan fingerprint density at radius 2 is 2.17 bits per heavy atom. The van der Waals surface area contributed by atoms with Crippen molar-refractivity contribution in [2.45, 2.75) is 0 Å². The Morgan fingerprint density at radius 3 is 2.75 bits per heavy atom. The number of hydrogen-bond acceptors (Lipinski definition) is 5. The molecule has 0 aliphatic carbocycles. The number of anilines is 1. The highest BCUT2D eigenvalue weighted by atomic mass is 16.6. The van der Waals surface area contributed by atoms with E-state index in [1.165, 1.54) is 0 Å². The molecule has 0 bridgehead atoms. The van der Waals surface area contributed by atoms with E-state index in [0.717, 1.165) is 0 Å². The SMILES string of the molecule is O=c1[nH]onc1N1CCOCC1. The number of aromatic amines is 1. The monoisotopic (exact) mass is 171 g/mol. The fraction of sp³-hybridized carbons (Fsp3) is 0.667. The second-order valence-corrected chi connectivity index (χ2v) is 2.54. The van der Waals surface area contributed by atoms with Crippen LogP contribution in [0.3, 0.4) is 0 Å². The van der Waals surface area contributed by atoms with Gasteiger partial charge >= 0.3 is 5.56 Å². The van der Waals surface area contributed by atoms with Gasteiger partial charge in [0.15, 0.2) is 0 Å². The summed E-state index contributed by atoms with van der Waals surface area (Å²) in [6.45, 7) is 2.64. The van der Waals surface area contributed by atoms with Crippen LogP contribution in [0, 0.1) is 0 Å². The molecule has 0 amide bonds. The van der Waals surface area contributed by atoms with E-state index in [4.69, 9.17) is 4.74 Å². The number of nitrogens with one attached hydrogen (secondary N) is 1. The Morgan fingerprint density at radius 1 is 1.42 bits per heavy atom. The number of rotatable bonds is 1. The molecule has 1 aliphatic rings. The van der Waals surface area contributed by atoms with Crippen molar-refractivity contribution in [1.29, 1.82) is 0 Å². The van der Waals surface area contributed by atoms with Crippen LogP contribution in [-0.4, -0.2) is 36.6 Å². The third-order valence-electron chi connectivity index (χ3n) is 1.78. The third-order valence-corrected chi connectivity index (χ3v) is 1.78. The highest BCUT2D eigenvalue weighted by Gasteiger charge is 2.16. The van der Waals surface area contributed by atoms with Crippen molar-refractivity contribution >= 4 is 5.82 Å². The number of morpholine rings is 1. The van der Waals surface area contributed by atoms with Gasteiger partial charge < -0.3 is 9.64 Å². The van der Waals surface area contributed by atoms with E-state index in [9.17, 15) is 4.79 Å². The van der Waals surface area contributed by atoms with Gasteiger partial charge in [0.1, 0.15) is 0 Å². The molecule has 6 nitrogen and oxygen atoms in total. The van der Waals surface area contributed by atoms with Gasteiger partial charge in [-0.1, -0.05) is 0 Å². The van der Waals surface area contributed by atoms with E-state index in [2.05, 4.69) is 14.9 Å². The maximum atomic E-state index is 11.0. The van der Waals surface area contributed by atoms with Crippen LogP contribution in [0.2, 0.25) is 0 Å². The summed E-state index contributed by atoms with van der Waals surface area (Å²) in [5, 5.41) is 5.71. The van der Waals surface area contributed by atoms with Crippen LogP contribution in [0.1, 0.15) is 0 Å². The molecule has 1 aliphatic heterocycles. The largest absolute Gasteiger partial charge is 0.378 e. The van der Waals surface area contributed by atoms with Crippen LogP contribution in [0.25, 0.3) is 0 Å². The van der Waals surface area contributed by atoms with E-state index in [1.54, 1.807) is 0 Å². The van der Waals surface area contributed by atoms with Crippen molar-refractivity contribution in [2.24, 2.45) is 0 Å². The minimum atomic E-state index is -0.281. The highest BCUT2D eigenvalue weighted by molar-refractivity contribution is 5.33. The molecule has 0 unspecified atom stereocenters. The summed E-state index contributed by atoms with van der Waals surface area (Å²) in [6.07, 6.45) is 0. The van der Waals surface area contributed by atoms with Crippen LogP contribution in [-0.2, 0) is 4.74 Å². The lowest BCUT2D eigenvalue weighted by molar-refractivity contribution is 0.122. The molecule has 12 heavy (non-hydrogen) atoms. The Kier molecular flexibility index (Phi) is 1.83. The van der Waals surface area contributed by atoms with Crippen LogP contribution in [0.5, 0.6) is 0 Å². The predicted molar refractivity (Wildman–Crippen MR) is 40.2 cm³/mol. The average molecular weight is 171 g/mol. The molecule has 0 spiro atoms. The van der Waals surface area contributed by atoms with Gasteiger partial charge in [0.2, 0.25) is 5.82 Å². The minimum absolute atomic E-state index is 0.281. The second-order valence-electron chi connectivity index (χ2n) is 2.54. The molecule has 0 atom stereocenters. The van der Waals surface area contributed by atoms with E-state index < -0.39 is 0 Å². The van der Waals surface area contributed by atoms with Crippen molar-refractivity contribution in [2.75, 3.05) is 31.2 Å². The van der Waals surface area contributed by atoms with E-state index in [0.29, 0.717) is 32.1 Å². The first-order valence-electron chi connectivity index (χ1n) is 3.75. The maximum absolute atomic E-state index is 11.0. The smallest absolute Gasteiger partial charge is 0.325 e. The van der Waals surface area contributed by atoms with Crippen molar-refractivity contribution < 1.29 is 9.37 Å². The van der Waals surface area contributed by atoms with Gasteiger partial charge in [-0.25, -0.2) is 0 Å². The Labute approximate surface area is 68.1 Å². The fourth-order valence-corrected chi connectivity index (χ4v) is 1.17. The Hall–Kier alpha value is -1.30. The first-order valence-corrected chi connectivity index (χ1v) is 3.75. The fourth-order valence-electron chi connectivity index (χ4n) is 1.17. The standard InChI is InChI=1S/C6H9N3O3/c10-6-5(7-12-8-6)9-1-3-11-4-2-9/h1-4H2,(H,8,10). The van der Waals surface area contributed by atoms with Crippen molar-refractivity contribution in [3.8, 4) is 0 Å². The van der Waals surface area contributed by atoms with Gasteiger partial charge in [0, 0.05) is 13.1 Å². The normalized spacial score (nSPS) is 18.2. The van der Waals surface area contributed by atoms with Gasteiger partial charge in [-0.2, -0.15) is 5.16 Å². The number of H-pyrrole nitrogens is 1. The summed E-state index contributed by atoms with van der Waals surface area (Å²) < 4.78 is 9.55. The summed E-state index contributed by atoms with van der Waals surface area (Å²) in [7, 11) is 0. The van der Waals surface area contributed by atoms with Gasteiger partial charge in [-0.3, -0.25) is 9.42 Å². The maximum Gasteiger partial charge on any atom is 0.325 e. The van der Waals surface area contributed by atoms with Crippen LogP contribution >= 0.6 is 0 Å². The topological polar surface area (TPSA) is 71.4 Å². The zero-order valence-electron chi connectivity index (χ0n) is 6.45. The molecular weight excluding hydrogens is 162 g/mol. The predicted octanol–water partition coefficient (Wildman–Crippen LogP) is -0.801. The van der Waals surface area contributed by atoms with Crippen molar-refractivity contribution in [1.82, 2.24) is 10.3 Å². The molecule has 1 saturated heterocycles. The Balaban J connectivity index is 2.18. The summed E-state index contributed by atoms with van der Waals surface area (Å²) in [5.74, 6) is 0.346. The zero-order chi connectivity index (χ0) is 8.39. The first-order chi connectivity index (χ1) is 5.88. The minimum Gasteiger partial charge on any atom is -0.378 e. The lowest BCUT2D eigenvalue weighted by Crippen LogP contribution is -2.38. The lowest BCUT2D eigenvalue weighted by Gasteiger charge is -2.24. The molecule has 0 saturated carbocycles. The van der Waals surface area contributed by atoms with Gasteiger partial charge in [0.05, 0.1) is 13.2 Å². The molecule has 1 aromatic heterocycles. The third kappa shape index (κ3) is 1.20. The van der Waals surface area contributed by atoms with Crippen LogP contribution in [0.4, 0.5) is 5.82 Å². The lowest BCUT2D eigenvalue weighted by atomic mass is 10.4. The van der Waals surface area contributed by atoms with Crippen LogP contribution in [0.15, 0.2) is 9.42 Å². The van der Waals surface area contributed by atoms with Crippen molar-refractivity contribution in [3.63, 3.8) is 0 Å². The molecule has 0 radical (unpaired) electrons. The summed E-state index contributed by atoms with van der Waals surface area (Å²) in [4.78, 5) is 12.9. The van der Waals surface area contributed by atoms with E-state index >= 15 is 0 Å². The molecule has 1 fully saturated rings. The summed E-state index contributed by atoms with van der Waals surface area (Å²) >= 11 is 0. The van der Waals surface area contributed by atoms with Crippen LogP contribution < -0.4 is 10.5 Å². The number of hydrogen-bond donors (Lipinski definition) is 1.